The lowest BCUT2D eigenvalue weighted by atomic mass is 10.0. The summed E-state index contributed by atoms with van der Waals surface area (Å²) in [5.41, 5.74) is 3.80. The predicted molar refractivity (Wildman–Crippen MR) is 132 cm³/mol. The average Bonchev–Trinajstić information content (AvgIpc) is 3.12. The predicted octanol–water partition coefficient (Wildman–Crippen LogP) is 7.43. The lowest BCUT2D eigenvalue weighted by Gasteiger charge is -2.24. The maximum Gasteiger partial charge on any atom is 0.252 e. The van der Waals surface area contributed by atoms with Gasteiger partial charge in [-0.15, -0.1) is 11.8 Å². The van der Waals surface area contributed by atoms with E-state index >= 15 is 0 Å². The van der Waals surface area contributed by atoms with E-state index in [1.165, 1.54) is 87.4 Å². The van der Waals surface area contributed by atoms with Crippen LogP contribution in [0.15, 0.2) is 24.3 Å². The lowest BCUT2D eigenvalue weighted by Crippen LogP contribution is -2.44. The van der Waals surface area contributed by atoms with E-state index in [2.05, 4.69) is 12.3 Å². The van der Waals surface area contributed by atoms with Crippen LogP contribution in [0, 0.1) is 0 Å². The molecule has 1 unspecified atom stereocenters. The highest BCUT2D eigenvalue weighted by Gasteiger charge is 2.34. The van der Waals surface area contributed by atoms with Crippen LogP contribution in [-0.2, 0) is 9.59 Å². The van der Waals surface area contributed by atoms with E-state index in [0.717, 1.165) is 18.4 Å². The molecule has 6 heteroatoms. The number of carbonyl (C=O) groups is 2. The summed E-state index contributed by atoms with van der Waals surface area (Å²) in [4.78, 5) is 24.6. The molecule has 0 radical (unpaired) electrons. The monoisotopic (exact) mass is 466 g/mol. The van der Waals surface area contributed by atoms with Crippen molar-refractivity contribution in [1.82, 2.24) is 10.4 Å². The molecule has 1 atom stereocenters. The van der Waals surface area contributed by atoms with Crippen LogP contribution in [0.5, 0.6) is 0 Å². The van der Waals surface area contributed by atoms with Crippen molar-refractivity contribution in [2.75, 3.05) is 5.75 Å². The highest BCUT2D eigenvalue weighted by molar-refractivity contribution is 8.00. The van der Waals surface area contributed by atoms with Gasteiger partial charge in [-0.3, -0.25) is 15.0 Å². The number of carbonyl (C=O) groups excluding carboxylic acids is 2. The number of hydrogen-bond donors (Lipinski definition) is 1. The number of nitrogens with zero attached hydrogens (tertiary/aromatic N) is 1. The zero-order valence-electron chi connectivity index (χ0n) is 19.0. The first-order chi connectivity index (χ1) is 15.1. The van der Waals surface area contributed by atoms with Gasteiger partial charge in [-0.05, 0) is 24.1 Å². The third-order valence-corrected chi connectivity index (χ3v) is 7.24. The van der Waals surface area contributed by atoms with Crippen LogP contribution in [0.25, 0.3) is 0 Å². The highest BCUT2D eigenvalue weighted by Crippen LogP contribution is 2.37. The van der Waals surface area contributed by atoms with E-state index in [1.807, 2.05) is 24.3 Å². The van der Waals surface area contributed by atoms with Crippen molar-refractivity contribution in [3.05, 3.63) is 34.9 Å². The van der Waals surface area contributed by atoms with Gasteiger partial charge in [0.15, 0.2) is 0 Å². The van der Waals surface area contributed by atoms with Gasteiger partial charge in [0.1, 0.15) is 5.37 Å². The first-order valence-electron chi connectivity index (χ1n) is 12.1. The number of thioether (sulfide) groups is 1. The zero-order valence-corrected chi connectivity index (χ0v) is 20.6. The van der Waals surface area contributed by atoms with Gasteiger partial charge in [0.05, 0.1) is 5.75 Å². The van der Waals surface area contributed by atoms with Gasteiger partial charge in [-0.25, -0.2) is 5.01 Å². The molecule has 0 aliphatic carbocycles. The van der Waals surface area contributed by atoms with Crippen molar-refractivity contribution < 1.29 is 9.59 Å². The number of halogens is 1. The third kappa shape index (κ3) is 10.3. The summed E-state index contributed by atoms with van der Waals surface area (Å²) in [5, 5.41) is 1.97. The Hall–Kier alpha value is -1.20. The molecule has 2 rings (SSSR count). The molecule has 1 aliphatic rings. The summed E-state index contributed by atoms with van der Waals surface area (Å²) < 4.78 is 0. The van der Waals surface area contributed by atoms with Crippen molar-refractivity contribution in [3.8, 4) is 0 Å². The van der Waals surface area contributed by atoms with Crippen LogP contribution in [0.3, 0.4) is 0 Å². The number of amides is 2. The quantitative estimate of drug-likeness (QED) is 0.258. The van der Waals surface area contributed by atoms with Crippen LogP contribution in [0.2, 0.25) is 5.02 Å². The van der Waals surface area contributed by atoms with E-state index in [9.17, 15) is 9.59 Å². The maximum atomic E-state index is 12.3. The zero-order chi connectivity index (χ0) is 22.3. The van der Waals surface area contributed by atoms with Crippen LogP contribution >= 0.6 is 23.4 Å². The molecule has 0 bridgehead atoms. The molecule has 1 aromatic carbocycles. The molecule has 1 heterocycles. The summed E-state index contributed by atoms with van der Waals surface area (Å²) in [6, 6.07) is 7.44. The van der Waals surface area contributed by atoms with Gasteiger partial charge in [-0.1, -0.05) is 108 Å². The van der Waals surface area contributed by atoms with Crippen molar-refractivity contribution in [2.45, 2.75) is 102 Å². The van der Waals surface area contributed by atoms with Crippen LogP contribution in [0.1, 0.15) is 108 Å². The number of benzene rings is 1. The highest BCUT2D eigenvalue weighted by atomic mass is 35.5. The fourth-order valence-corrected chi connectivity index (χ4v) is 5.15. The summed E-state index contributed by atoms with van der Waals surface area (Å²) in [6.45, 7) is 2.26. The summed E-state index contributed by atoms with van der Waals surface area (Å²) >= 11 is 7.48. The normalized spacial score (nSPS) is 16.1. The number of unbranched alkanes of at least 4 members (excludes halogenated alkanes) is 12. The smallest absolute Gasteiger partial charge is 0.252 e. The van der Waals surface area contributed by atoms with Gasteiger partial charge in [0.2, 0.25) is 5.91 Å². The fraction of sp³-hybridized carbons (Fsp3) is 0.680. The largest absolute Gasteiger partial charge is 0.273 e. The summed E-state index contributed by atoms with van der Waals surface area (Å²) in [6.07, 6.45) is 17.2. The Balaban J connectivity index is 1.51. The molecular weight excluding hydrogens is 428 g/mol. The molecule has 1 saturated heterocycles. The molecule has 4 nitrogen and oxygen atoms in total. The number of hydrogen-bond acceptors (Lipinski definition) is 3. The maximum absolute atomic E-state index is 12.3. The first-order valence-corrected chi connectivity index (χ1v) is 13.5. The van der Waals surface area contributed by atoms with Gasteiger partial charge >= 0.3 is 0 Å². The number of rotatable bonds is 16. The van der Waals surface area contributed by atoms with Gasteiger partial charge in [0.25, 0.3) is 5.91 Å². The molecule has 1 aliphatic heterocycles. The molecule has 1 fully saturated rings. The first kappa shape index (κ1) is 26.1. The van der Waals surface area contributed by atoms with Gasteiger partial charge < -0.3 is 0 Å². The van der Waals surface area contributed by atoms with E-state index in [4.69, 9.17) is 11.6 Å². The van der Waals surface area contributed by atoms with Gasteiger partial charge in [-0.2, -0.15) is 0 Å². The Kier molecular flexibility index (Phi) is 13.1. The van der Waals surface area contributed by atoms with E-state index in [-0.39, 0.29) is 17.2 Å². The minimum atomic E-state index is -0.180. The second-order valence-electron chi connectivity index (χ2n) is 8.51. The van der Waals surface area contributed by atoms with Crippen molar-refractivity contribution in [2.24, 2.45) is 0 Å². The van der Waals surface area contributed by atoms with Crippen molar-refractivity contribution in [1.29, 1.82) is 0 Å². The van der Waals surface area contributed by atoms with Crippen LogP contribution in [0.4, 0.5) is 0 Å². The molecule has 1 N–H and O–H groups in total. The average molecular weight is 467 g/mol. The third-order valence-electron chi connectivity index (χ3n) is 5.78. The Morgan fingerprint density at radius 3 is 2.00 bits per heavy atom. The van der Waals surface area contributed by atoms with Crippen molar-refractivity contribution in [3.63, 3.8) is 0 Å². The lowest BCUT2D eigenvalue weighted by molar-refractivity contribution is -0.139. The standard InChI is InChI=1S/C25H39ClN2O2S/c1-2-3-4-5-6-7-8-9-10-11-12-13-14-15-23(29)27-28-24(30)20-31-25(28)21-16-18-22(26)19-17-21/h16-19,25H,2-15,20H2,1H3,(H,27,29). The molecule has 1 aromatic rings. The van der Waals surface area contributed by atoms with Crippen LogP contribution in [-0.4, -0.2) is 22.6 Å². The number of hydrazine groups is 1. The second-order valence-corrected chi connectivity index (χ2v) is 10.0. The SMILES string of the molecule is CCCCCCCCCCCCCCCC(=O)NN1C(=O)CSC1c1ccc(Cl)cc1. The topological polar surface area (TPSA) is 49.4 Å². The van der Waals surface area contributed by atoms with E-state index < -0.39 is 0 Å². The van der Waals surface area contributed by atoms with E-state index in [1.54, 1.807) is 0 Å². The van der Waals surface area contributed by atoms with Crippen LogP contribution < -0.4 is 5.43 Å². The Bertz CT molecular complexity index is 653. The Morgan fingerprint density at radius 1 is 0.935 bits per heavy atom. The minimum Gasteiger partial charge on any atom is -0.273 e. The van der Waals surface area contributed by atoms with Gasteiger partial charge in [0, 0.05) is 11.4 Å². The van der Waals surface area contributed by atoms with Crippen molar-refractivity contribution >= 4 is 35.2 Å². The Labute approximate surface area is 197 Å². The minimum absolute atomic E-state index is 0.0522. The molecule has 0 aromatic heterocycles. The van der Waals surface area contributed by atoms with E-state index in [0.29, 0.717) is 17.2 Å². The molecule has 2 amide bonds. The number of nitrogens with one attached hydrogen (secondary N) is 1. The summed E-state index contributed by atoms with van der Waals surface area (Å²) in [5.74, 6) is 0.258. The summed E-state index contributed by atoms with van der Waals surface area (Å²) in [7, 11) is 0. The second kappa shape index (κ2) is 15.6. The molecule has 31 heavy (non-hydrogen) atoms. The molecule has 0 spiro atoms. The molecular formula is C25H39ClN2O2S. The fourth-order valence-electron chi connectivity index (χ4n) is 3.91. The Morgan fingerprint density at radius 2 is 1.45 bits per heavy atom. The molecule has 0 saturated carbocycles. The molecule has 174 valence electrons.